The lowest BCUT2D eigenvalue weighted by Crippen LogP contribution is -2.44. The molecule has 0 bridgehead atoms. The fourth-order valence-corrected chi connectivity index (χ4v) is 3.89. The highest BCUT2D eigenvalue weighted by Crippen LogP contribution is 2.29. The first-order valence-electron chi connectivity index (χ1n) is 10.4. The monoisotopic (exact) mass is 456 g/mol. The summed E-state index contributed by atoms with van der Waals surface area (Å²) in [6, 6.07) is 13.9. The molecule has 31 heavy (non-hydrogen) atoms. The molecule has 164 valence electrons. The number of rotatable bonds is 5. The number of piperazine rings is 1. The standard InChI is InChI=1S/C24H29ClN4OS/c1-17(2)19-7-4-18(5-8-19)6-11-23(30)27-24(31)26-20-9-10-22(21(25)16-20)29-14-12-28(3)13-15-29/h4-11,16-17H,12-15H2,1-3H3,(H2,26,27,30,31)/b11-6+. The molecule has 0 atom stereocenters. The Morgan fingerprint density at radius 3 is 2.39 bits per heavy atom. The third kappa shape index (κ3) is 6.79. The van der Waals surface area contributed by atoms with Gasteiger partial charge in [-0.1, -0.05) is 49.7 Å². The highest BCUT2D eigenvalue weighted by Gasteiger charge is 2.16. The maximum absolute atomic E-state index is 12.2. The van der Waals surface area contributed by atoms with Crippen molar-refractivity contribution in [2.75, 3.05) is 43.4 Å². The van der Waals surface area contributed by atoms with Crippen LogP contribution in [0.15, 0.2) is 48.5 Å². The summed E-state index contributed by atoms with van der Waals surface area (Å²) in [7, 11) is 2.12. The number of nitrogens with zero attached hydrogens (tertiary/aromatic N) is 2. The summed E-state index contributed by atoms with van der Waals surface area (Å²) >= 11 is 11.8. The minimum absolute atomic E-state index is 0.230. The summed E-state index contributed by atoms with van der Waals surface area (Å²) in [5.74, 6) is 0.194. The zero-order valence-electron chi connectivity index (χ0n) is 18.2. The van der Waals surface area contributed by atoms with Gasteiger partial charge in [-0.25, -0.2) is 0 Å². The number of halogens is 1. The van der Waals surface area contributed by atoms with Crippen molar-refractivity contribution in [3.63, 3.8) is 0 Å². The van der Waals surface area contributed by atoms with Gasteiger partial charge in [0.25, 0.3) is 0 Å². The number of carbonyl (C=O) groups excluding carboxylic acids is 1. The third-order valence-electron chi connectivity index (χ3n) is 5.32. The van der Waals surface area contributed by atoms with Gasteiger partial charge in [0.1, 0.15) is 0 Å². The van der Waals surface area contributed by atoms with Gasteiger partial charge in [-0.2, -0.15) is 0 Å². The van der Waals surface area contributed by atoms with Crippen LogP contribution in [0.1, 0.15) is 30.9 Å². The van der Waals surface area contributed by atoms with Gasteiger partial charge in [0.15, 0.2) is 5.11 Å². The van der Waals surface area contributed by atoms with Crippen molar-refractivity contribution in [3.8, 4) is 0 Å². The summed E-state index contributed by atoms with van der Waals surface area (Å²) in [4.78, 5) is 16.8. The Kier molecular flexibility index (Phi) is 8.07. The van der Waals surface area contributed by atoms with E-state index < -0.39 is 0 Å². The van der Waals surface area contributed by atoms with Crippen molar-refractivity contribution in [3.05, 3.63) is 64.7 Å². The molecule has 1 heterocycles. The van der Waals surface area contributed by atoms with Crippen LogP contribution in [-0.4, -0.2) is 49.1 Å². The van der Waals surface area contributed by atoms with E-state index in [-0.39, 0.29) is 11.0 Å². The second-order valence-electron chi connectivity index (χ2n) is 8.05. The first-order chi connectivity index (χ1) is 14.8. The molecule has 0 spiro atoms. The van der Waals surface area contributed by atoms with E-state index in [0.29, 0.717) is 10.9 Å². The molecule has 1 saturated heterocycles. The summed E-state index contributed by atoms with van der Waals surface area (Å²) in [5.41, 5.74) is 3.98. The Bertz CT molecular complexity index is 951. The van der Waals surface area contributed by atoms with E-state index in [9.17, 15) is 4.79 Å². The van der Waals surface area contributed by atoms with Crippen molar-refractivity contribution < 1.29 is 4.79 Å². The Morgan fingerprint density at radius 1 is 1.10 bits per heavy atom. The van der Waals surface area contributed by atoms with E-state index in [2.05, 4.69) is 53.5 Å². The second kappa shape index (κ2) is 10.8. The third-order valence-corrected chi connectivity index (χ3v) is 5.82. The lowest BCUT2D eigenvalue weighted by molar-refractivity contribution is -0.115. The maximum atomic E-state index is 12.2. The number of benzene rings is 2. The van der Waals surface area contributed by atoms with Crippen LogP contribution in [0.5, 0.6) is 0 Å². The molecule has 0 aliphatic carbocycles. The topological polar surface area (TPSA) is 47.6 Å². The van der Waals surface area contributed by atoms with E-state index in [0.717, 1.165) is 43.1 Å². The summed E-state index contributed by atoms with van der Waals surface area (Å²) < 4.78 is 0. The summed E-state index contributed by atoms with van der Waals surface area (Å²) in [6.07, 6.45) is 3.24. The molecule has 5 nitrogen and oxygen atoms in total. The van der Waals surface area contributed by atoms with E-state index in [1.54, 1.807) is 6.08 Å². The molecule has 1 aliphatic rings. The molecule has 3 rings (SSSR count). The van der Waals surface area contributed by atoms with Gasteiger partial charge in [0, 0.05) is 37.9 Å². The predicted molar refractivity (Wildman–Crippen MR) is 135 cm³/mol. The zero-order chi connectivity index (χ0) is 22.4. The van der Waals surface area contributed by atoms with Crippen LogP contribution in [0, 0.1) is 0 Å². The van der Waals surface area contributed by atoms with Gasteiger partial charge >= 0.3 is 0 Å². The molecule has 2 N–H and O–H groups in total. The first kappa shape index (κ1) is 23.3. The van der Waals surface area contributed by atoms with Gasteiger partial charge in [-0.3, -0.25) is 10.1 Å². The molecule has 0 saturated carbocycles. The Morgan fingerprint density at radius 2 is 1.77 bits per heavy atom. The van der Waals surface area contributed by atoms with E-state index in [4.69, 9.17) is 23.8 Å². The zero-order valence-corrected chi connectivity index (χ0v) is 19.8. The minimum Gasteiger partial charge on any atom is -0.368 e. The maximum Gasteiger partial charge on any atom is 0.250 e. The molecule has 1 amide bonds. The molecule has 2 aromatic carbocycles. The number of hydrogen-bond donors (Lipinski definition) is 2. The molecule has 0 unspecified atom stereocenters. The van der Waals surface area contributed by atoms with Crippen molar-refractivity contribution in [2.45, 2.75) is 19.8 Å². The van der Waals surface area contributed by atoms with Gasteiger partial charge in [0.05, 0.1) is 10.7 Å². The number of hydrogen-bond acceptors (Lipinski definition) is 4. The average molecular weight is 457 g/mol. The van der Waals surface area contributed by atoms with Gasteiger partial charge in [-0.05, 0) is 60.6 Å². The van der Waals surface area contributed by atoms with Crippen LogP contribution >= 0.6 is 23.8 Å². The lowest BCUT2D eigenvalue weighted by Gasteiger charge is -2.34. The van der Waals surface area contributed by atoms with Crippen molar-refractivity contribution >= 4 is 52.3 Å². The van der Waals surface area contributed by atoms with Crippen molar-refractivity contribution in [1.82, 2.24) is 10.2 Å². The smallest absolute Gasteiger partial charge is 0.250 e. The number of thiocarbonyl (C=S) groups is 1. The average Bonchev–Trinajstić information content (AvgIpc) is 2.73. The Balaban J connectivity index is 1.52. The van der Waals surface area contributed by atoms with Gasteiger partial charge in [0.2, 0.25) is 5.91 Å². The highest BCUT2D eigenvalue weighted by atomic mass is 35.5. The van der Waals surface area contributed by atoms with E-state index >= 15 is 0 Å². The van der Waals surface area contributed by atoms with Crippen LogP contribution in [0.3, 0.4) is 0 Å². The number of carbonyl (C=O) groups is 1. The number of likely N-dealkylation sites (N-methyl/N-ethyl adjacent to an activating group) is 1. The van der Waals surface area contributed by atoms with Crippen molar-refractivity contribution in [1.29, 1.82) is 0 Å². The summed E-state index contributed by atoms with van der Waals surface area (Å²) in [5, 5.41) is 6.58. The van der Waals surface area contributed by atoms with Crippen LogP contribution in [-0.2, 0) is 4.79 Å². The molecule has 1 aliphatic heterocycles. The highest BCUT2D eigenvalue weighted by molar-refractivity contribution is 7.80. The second-order valence-corrected chi connectivity index (χ2v) is 8.87. The fraction of sp³-hybridized carbons (Fsp3) is 0.333. The molecular formula is C24H29ClN4OS. The van der Waals surface area contributed by atoms with Crippen LogP contribution in [0.25, 0.3) is 6.08 Å². The van der Waals surface area contributed by atoms with Crippen molar-refractivity contribution in [2.24, 2.45) is 0 Å². The number of anilines is 2. The van der Waals surface area contributed by atoms with Crippen LogP contribution < -0.4 is 15.5 Å². The van der Waals surface area contributed by atoms with Gasteiger partial charge < -0.3 is 15.1 Å². The predicted octanol–water partition coefficient (Wildman–Crippen LogP) is 4.74. The molecule has 0 aromatic heterocycles. The number of nitrogens with one attached hydrogen (secondary N) is 2. The lowest BCUT2D eigenvalue weighted by atomic mass is 10.0. The van der Waals surface area contributed by atoms with Crippen LogP contribution in [0.4, 0.5) is 11.4 Å². The van der Waals surface area contributed by atoms with E-state index in [1.807, 2.05) is 30.3 Å². The molecule has 1 fully saturated rings. The first-order valence-corrected chi connectivity index (χ1v) is 11.2. The largest absolute Gasteiger partial charge is 0.368 e. The SMILES string of the molecule is CC(C)c1ccc(/C=C/C(=O)NC(=S)Nc2ccc(N3CCN(C)CC3)c(Cl)c2)cc1. The summed E-state index contributed by atoms with van der Waals surface area (Å²) in [6.45, 7) is 8.23. The van der Waals surface area contributed by atoms with Crippen LogP contribution in [0.2, 0.25) is 5.02 Å². The fourth-order valence-electron chi connectivity index (χ4n) is 3.37. The molecule has 2 aromatic rings. The normalized spacial score (nSPS) is 14.8. The Hall–Kier alpha value is -2.41. The molecular weight excluding hydrogens is 428 g/mol. The minimum atomic E-state index is -0.286. The molecule has 7 heteroatoms. The number of amides is 1. The van der Waals surface area contributed by atoms with E-state index in [1.165, 1.54) is 11.6 Å². The quantitative estimate of drug-likeness (QED) is 0.502. The Labute approximate surface area is 195 Å². The molecule has 0 radical (unpaired) electrons. The van der Waals surface area contributed by atoms with Gasteiger partial charge in [-0.15, -0.1) is 0 Å².